The molecule has 8 heteroatoms. The van der Waals surface area contributed by atoms with Crippen LogP contribution in [0.4, 0.5) is 13.2 Å². The highest BCUT2D eigenvalue weighted by Gasteiger charge is 2.32. The topological polar surface area (TPSA) is 60.3 Å². The molecule has 1 aliphatic rings. The SMILES string of the molecule is CNC(=O)CCc1c2n(c(=O)c3cc(C(F)(F)F)ccc13)CCc1ccc(COC)cc1-2. The summed E-state index contributed by atoms with van der Waals surface area (Å²) >= 11 is 0. The lowest BCUT2D eigenvalue weighted by molar-refractivity contribution is -0.137. The first-order valence-corrected chi connectivity index (χ1v) is 10.3. The van der Waals surface area contributed by atoms with Crippen molar-refractivity contribution in [1.82, 2.24) is 9.88 Å². The second-order valence-corrected chi connectivity index (χ2v) is 7.89. The summed E-state index contributed by atoms with van der Waals surface area (Å²) in [7, 11) is 3.13. The first-order valence-electron chi connectivity index (χ1n) is 10.3. The molecule has 0 atom stereocenters. The Labute approximate surface area is 182 Å². The molecule has 0 aliphatic carbocycles. The summed E-state index contributed by atoms with van der Waals surface area (Å²) < 4.78 is 46.8. The Morgan fingerprint density at radius 3 is 2.62 bits per heavy atom. The third-order valence-corrected chi connectivity index (χ3v) is 5.93. The summed E-state index contributed by atoms with van der Waals surface area (Å²) in [5, 5.41) is 3.04. The van der Waals surface area contributed by atoms with Gasteiger partial charge in [-0.3, -0.25) is 9.59 Å². The van der Waals surface area contributed by atoms with Gasteiger partial charge in [-0.15, -0.1) is 0 Å². The number of hydrogen-bond donors (Lipinski definition) is 1. The molecule has 0 spiro atoms. The third kappa shape index (κ3) is 3.90. The van der Waals surface area contributed by atoms with E-state index in [0.717, 1.165) is 28.8 Å². The van der Waals surface area contributed by atoms with Crippen LogP contribution in [0.5, 0.6) is 0 Å². The zero-order valence-corrected chi connectivity index (χ0v) is 17.8. The van der Waals surface area contributed by atoms with E-state index in [1.54, 1.807) is 11.7 Å². The maximum absolute atomic E-state index is 13.3. The van der Waals surface area contributed by atoms with Crippen LogP contribution in [0, 0.1) is 0 Å². The Morgan fingerprint density at radius 1 is 1.16 bits per heavy atom. The number of halogens is 3. The zero-order valence-electron chi connectivity index (χ0n) is 17.8. The molecule has 0 unspecified atom stereocenters. The van der Waals surface area contributed by atoms with Gasteiger partial charge in [-0.25, -0.2) is 0 Å². The highest BCUT2D eigenvalue weighted by atomic mass is 19.4. The van der Waals surface area contributed by atoms with E-state index in [2.05, 4.69) is 5.32 Å². The van der Waals surface area contributed by atoms with Crippen LogP contribution in [0.15, 0.2) is 41.2 Å². The van der Waals surface area contributed by atoms with Crippen LogP contribution in [0.25, 0.3) is 22.0 Å². The minimum absolute atomic E-state index is 0.0203. The molecule has 0 radical (unpaired) electrons. The van der Waals surface area contributed by atoms with Crippen molar-refractivity contribution in [3.05, 3.63) is 69.0 Å². The molecule has 2 aromatic carbocycles. The van der Waals surface area contributed by atoms with Crippen LogP contribution in [-0.4, -0.2) is 24.6 Å². The molecule has 0 saturated heterocycles. The molecule has 32 heavy (non-hydrogen) atoms. The van der Waals surface area contributed by atoms with Crippen LogP contribution >= 0.6 is 0 Å². The molecule has 5 nitrogen and oxygen atoms in total. The average molecular weight is 444 g/mol. The van der Waals surface area contributed by atoms with E-state index in [9.17, 15) is 22.8 Å². The molecular formula is C24H23F3N2O3. The largest absolute Gasteiger partial charge is 0.416 e. The molecule has 1 N–H and O–H groups in total. The molecule has 0 bridgehead atoms. The number of methoxy groups -OCH3 is 1. The van der Waals surface area contributed by atoms with Crippen molar-refractivity contribution < 1.29 is 22.7 Å². The van der Waals surface area contributed by atoms with Crippen molar-refractivity contribution >= 4 is 16.7 Å². The molecule has 3 aromatic rings. The molecular weight excluding hydrogens is 421 g/mol. The number of carbonyl (C=O) groups is 1. The molecule has 1 aliphatic heterocycles. The van der Waals surface area contributed by atoms with Crippen molar-refractivity contribution in [3.63, 3.8) is 0 Å². The maximum Gasteiger partial charge on any atom is 0.416 e. The number of ether oxygens (including phenoxy) is 1. The number of carbonyl (C=O) groups excluding carboxylic acids is 1. The summed E-state index contributed by atoms with van der Waals surface area (Å²) in [4.78, 5) is 25.3. The lowest BCUT2D eigenvalue weighted by atomic mass is 9.88. The molecule has 2 heterocycles. The number of amides is 1. The number of benzene rings is 2. The van der Waals surface area contributed by atoms with Gasteiger partial charge in [-0.1, -0.05) is 18.2 Å². The molecule has 4 rings (SSSR count). The van der Waals surface area contributed by atoms with Crippen molar-refractivity contribution in [2.45, 2.75) is 38.6 Å². The lowest BCUT2D eigenvalue weighted by Gasteiger charge is -2.27. The van der Waals surface area contributed by atoms with Gasteiger partial charge in [-0.05, 0) is 53.1 Å². The minimum atomic E-state index is -4.55. The van der Waals surface area contributed by atoms with E-state index in [4.69, 9.17) is 4.74 Å². The van der Waals surface area contributed by atoms with Crippen LogP contribution in [0.2, 0.25) is 0 Å². The van der Waals surface area contributed by atoms with Gasteiger partial charge in [0.25, 0.3) is 5.56 Å². The van der Waals surface area contributed by atoms with Gasteiger partial charge in [-0.2, -0.15) is 13.2 Å². The van der Waals surface area contributed by atoms with Crippen LogP contribution in [0.1, 0.15) is 28.7 Å². The fourth-order valence-electron chi connectivity index (χ4n) is 4.39. The second-order valence-electron chi connectivity index (χ2n) is 7.89. The highest BCUT2D eigenvalue weighted by molar-refractivity contribution is 5.92. The quantitative estimate of drug-likeness (QED) is 0.646. The summed E-state index contributed by atoms with van der Waals surface area (Å²) in [5.74, 6) is -0.181. The predicted molar refractivity (Wildman–Crippen MR) is 115 cm³/mol. The minimum Gasteiger partial charge on any atom is -0.380 e. The zero-order chi connectivity index (χ0) is 23.0. The first kappa shape index (κ1) is 22.1. The number of fused-ring (bicyclic) bond motifs is 4. The molecule has 168 valence electrons. The van der Waals surface area contributed by atoms with Crippen molar-refractivity contribution in [2.75, 3.05) is 14.2 Å². The fraction of sp³-hybridized carbons (Fsp3) is 0.333. The highest BCUT2D eigenvalue weighted by Crippen LogP contribution is 2.37. The Balaban J connectivity index is 2.02. The van der Waals surface area contributed by atoms with Crippen LogP contribution in [0.3, 0.4) is 0 Å². The summed E-state index contributed by atoms with van der Waals surface area (Å²) in [6.07, 6.45) is -3.50. The molecule has 0 fully saturated rings. The van der Waals surface area contributed by atoms with Crippen molar-refractivity contribution in [3.8, 4) is 11.3 Å². The van der Waals surface area contributed by atoms with E-state index in [1.165, 1.54) is 13.1 Å². The lowest BCUT2D eigenvalue weighted by Crippen LogP contribution is -2.29. The van der Waals surface area contributed by atoms with Gasteiger partial charge in [0.05, 0.1) is 17.9 Å². The summed E-state index contributed by atoms with van der Waals surface area (Å²) in [6.45, 7) is 0.761. The number of rotatable bonds is 5. The van der Waals surface area contributed by atoms with Crippen LogP contribution in [-0.2, 0) is 41.7 Å². The van der Waals surface area contributed by atoms with Gasteiger partial charge >= 0.3 is 6.18 Å². The number of nitrogens with one attached hydrogen (secondary N) is 1. The number of alkyl halides is 3. The standard InChI is InChI=1S/C24H23F3N2O3/c1-28-21(30)8-7-18-17-6-5-16(24(25,26)27)12-20(17)23(31)29-10-9-15-4-3-14(13-32-2)11-19(15)22(18)29/h3-6,11-12H,7-10,13H2,1-2H3,(H,28,30). The van der Waals surface area contributed by atoms with Gasteiger partial charge in [0.2, 0.25) is 5.91 Å². The smallest absolute Gasteiger partial charge is 0.380 e. The van der Waals surface area contributed by atoms with E-state index in [-0.39, 0.29) is 17.7 Å². The van der Waals surface area contributed by atoms with Crippen LogP contribution < -0.4 is 10.9 Å². The number of aryl methyl sites for hydroxylation is 2. The Morgan fingerprint density at radius 2 is 1.94 bits per heavy atom. The van der Waals surface area contributed by atoms with Crippen molar-refractivity contribution in [1.29, 1.82) is 0 Å². The fourth-order valence-corrected chi connectivity index (χ4v) is 4.39. The Hall–Kier alpha value is -3.13. The first-order chi connectivity index (χ1) is 15.2. The van der Waals surface area contributed by atoms with Gasteiger partial charge in [0.15, 0.2) is 0 Å². The number of pyridine rings is 1. The number of nitrogens with zero attached hydrogens (tertiary/aromatic N) is 1. The second kappa shape index (κ2) is 8.43. The van der Waals surface area contributed by atoms with Crippen molar-refractivity contribution in [2.24, 2.45) is 0 Å². The predicted octanol–water partition coefficient (Wildman–Crippen LogP) is 4.07. The van der Waals surface area contributed by atoms with E-state index in [0.29, 0.717) is 42.6 Å². The normalized spacial score (nSPS) is 13.0. The maximum atomic E-state index is 13.3. The third-order valence-electron chi connectivity index (χ3n) is 5.93. The molecule has 0 saturated carbocycles. The number of hydrogen-bond acceptors (Lipinski definition) is 3. The van der Waals surface area contributed by atoms with E-state index >= 15 is 0 Å². The van der Waals surface area contributed by atoms with Gasteiger partial charge in [0.1, 0.15) is 0 Å². The number of aromatic nitrogens is 1. The van der Waals surface area contributed by atoms with Gasteiger partial charge in [0, 0.05) is 38.1 Å². The summed E-state index contributed by atoms with van der Waals surface area (Å²) in [6, 6.07) is 9.20. The molecule has 1 amide bonds. The average Bonchev–Trinajstić information content (AvgIpc) is 2.77. The van der Waals surface area contributed by atoms with E-state index < -0.39 is 17.3 Å². The molecule has 1 aromatic heterocycles. The van der Waals surface area contributed by atoms with Gasteiger partial charge < -0.3 is 14.6 Å². The summed E-state index contributed by atoms with van der Waals surface area (Å²) in [5.41, 5.74) is 2.90. The monoisotopic (exact) mass is 444 g/mol. The Kier molecular flexibility index (Phi) is 5.81. The van der Waals surface area contributed by atoms with E-state index in [1.807, 2.05) is 18.2 Å². The Bertz CT molecular complexity index is 1260.